The number of rotatable bonds is 8. The summed E-state index contributed by atoms with van der Waals surface area (Å²) in [6.45, 7) is 6.68. The van der Waals surface area contributed by atoms with Gasteiger partial charge in [0, 0.05) is 30.2 Å². The van der Waals surface area contributed by atoms with E-state index in [1.165, 1.54) is 16.2 Å². The molecular formula is C24H27N7O3S. The number of carboxylic acid groups (broad SMARTS) is 1. The number of nitrogens with one attached hydrogen (secondary N) is 2. The van der Waals surface area contributed by atoms with Crippen molar-refractivity contribution in [3.8, 4) is 0 Å². The maximum absolute atomic E-state index is 12.6. The van der Waals surface area contributed by atoms with Crippen LogP contribution in [0.2, 0.25) is 0 Å². The molecule has 35 heavy (non-hydrogen) atoms. The zero-order chi connectivity index (χ0) is 25.0. The normalized spacial score (nSPS) is 12.4. The molecule has 0 aliphatic carbocycles. The van der Waals surface area contributed by atoms with Crippen LogP contribution in [0.4, 0.5) is 4.79 Å². The van der Waals surface area contributed by atoms with Crippen LogP contribution in [0.15, 0.2) is 48.2 Å². The zero-order valence-corrected chi connectivity index (χ0v) is 20.5. The van der Waals surface area contributed by atoms with E-state index in [1.807, 2.05) is 45.0 Å². The Balaban J connectivity index is 1.49. The summed E-state index contributed by atoms with van der Waals surface area (Å²) in [5.74, 6) is 0.0298. The molecule has 3 aromatic heterocycles. The number of nitrogens with zero attached hydrogens (tertiary/aromatic N) is 5. The van der Waals surface area contributed by atoms with Gasteiger partial charge in [0.25, 0.3) is 5.91 Å². The summed E-state index contributed by atoms with van der Waals surface area (Å²) in [6, 6.07) is 7.58. The van der Waals surface area contributed by atoms with E-state index in [2.05, 4.69) is 30.2 Å². The first-order valence-electron chi connectivity index (χ1n) is 11.1. The Morgan fingerprint density at radius 3 is 2.69 bits per heavy atom. The van der Waals surface area contributed by atoms with Gasteiger partial charge in [0.1, 0.15) is 11.5 Å². The minimum Gasteiger partial charge on any atom is -0.465 e. The van der Waals surface area contributed by atoms with Crippen LogP contribution in [-0.2, 0) is 13.1 Å². The Kier molecular flexibility index (Phi) is 7.06. The van der Waals surface area contributed by atoms with Crippen LogP contribution in [0.5, 0.6) is 0 Å². The molecular weight excluding hydrogens is 466 g/mol. The summed E-state index contributed by atoms with van der Waals surface area (Å²) in [6.07, 6.45) is 3.68. The number of hydrogen-bond acceptors (Lipinski definition) is 7. The number of amides is 2. The minimum absolute atomic E-state index is 0.118. The van der Waals surface area contributed by atoms with Crippen molar-refractivity contribution < 1.29 is 14.7 Å². The zero-order valence-electron chi connectivity index (χ0n) is 19.7. The fourth-order valence-electron chi connectivity index (χ4n) is 3.65. The second-order valence-corrected chi connectivity index (χ2v) is 10.1. The fourth-order valence-corrected chi connectivity index (χ4v) is 4.78. The van der Waals surface area contributed by atoms with Crippen LogP contribution in [-0.4, -0.2) is 53.5 Å². The van der Waals surface area contributed by atoms with E-state index in [1.54, 1.807) is 24.0 Å². The van der Waals surface area contributed by atoms with E-state index in [0.717, 1.165) is 11.0 Å². The summed E-state index contributed by atoms with van der Waals surface area (Å²) >= 11 is 1.36. The molecule has 1 atom stereocenters. The van der Waals surface area contributed by atoms with Crippen molar-refractivity contribution in [1.82, 2.24) is 35.1 Å². The van der Waals surface area contributed by atoms with Crippen molar-refractivity contribution in [1.29, 1.82) is 0 Å². The smallest absolute Gasteiger partial charge is 0.407 e. The van der Waals surface area contributed by atoms with E-state index in [0.29, 0.717) is 22.2 Å². The maximum atomic E-state index is 12.6. The van der Waals surface area contributed by atoms with Gasteiger partial charge in [-0.25, -0.2) is 14.8 Å². The molecule has 1 aromatic carbocycles. The number of benzene rings is 1. The van der Waals surface area contributed by atoms with Gasteiger partial charge in [0.2, 0.25) is 0 Å². The SMILES string of the molecule is CC(C)(C)C(CN(Cc1nc2ccccc2[nH]1)C(=O)O)c1nc(C(=O)NCc2cnccn2)cs1. The lowest BCUT2D eigenvalue weighted by molar-refractivity contribution is 0.0944. The van der Waals surface area contributed by atoms with E-state index in [9.17, 15) is 14.7 Å². The number of carbonyl (C=O) groups excluding carboxylic acids is 1. The van der Waals surface area contributed by atoms with Crippen LogP contribution >= 0.6 is 11.3 Å². The number of thiazole rings is 1. The second kappa shape index (κ2) is 10.2. The topological polar surface area (TPSA) is 137 Å². The monoisotopic (exact) mass is 493 g/mol. The van der Waals surface area contributed by atoms with Crippen LogP contribution in [0.1, 0.15) is 53.7 Å². The molecule has 0 spiro atoms. The second-order valence-electron chi connectivity index (χ2n) is 9.23. The Labute approximate surface area is 206 Å². The molecule has 4 aromatic rings. The van der Waals surface area contributed by atoms with Crippen molar-refractivity contribution in [2.24, 2.45) is 5.41 Å². The van der Waals surface area contributed by atoms with Gasteiger partial charge in [0.15, 0.2) is 0 Å². The molecule has 4 rings (SSSR count). The number of imidazole rings is 1. The first-order chi connectivity index (χ1) is 16.7. The standard InChI is InChI=1S/C24H27N7O3S/c1-24(2,3)16(12-31(23(33)34)13-20-28-17-6-4-5-7-18(17)29-20)22-30-19(14-35-22)21(32)27-11-15-10-25-8-9-26-15/h4-10,14,16H,11-13H2,1-3H3,(H,27,32)(H,28,29)(H,33,34). The van der Waals surface area contributed by atoms with E-state index < -0.39 is 6.09 Å². The number of H-pyrrole nitrogens is 1. The average molecular weight is 494 g/mol. The lowest BCUT2D eigenvalue weighted by Gasteiger charge is -2.32. The summed E-state index contributed by atoms with van der Waals surface area (Å²) < 4.78 is 0. The highest BCUT2D eigenvalue weighted by Gasteiger charge is 2.33. The van der Waals surface area contributed by atoms with Crippen molar-refractivity contribution in [3.05, 3.63) is 70.5 Å². The summed E-state index contributed by atoms with van der Waals surface area (Å²) in [5.41, 5.74) is 2.29. The molecule has 0 bridgehead atoms. The Morgan fingerprint density at radius 1 is 1.20 bits per heavy atom. The predicted octanol–water partition coefficient (Wildman–Crippen LogP) is 4.05. The largest absolute Gasteiger partial charge is 0.465 e. The van der Waals surface area contributed by atoms with Crippen LogP contribution < -0.4 is 5.32 Å². The molecule has 1 unspecified atom stereocenters. The number of aromatic nitrogens is 5. The Hall–Kier alpha value is -3.86. The summed E-state index contributed by atoms with van der Waals surface area (Å²) in [7, 11) is 0. The van der Waals surface area contributed by atoms with Gasteiger partial charge in [-0.3, -0.25) is 14.8 Å². The molecule has 3 N–H and O–H groups in total. The van der Waals surface area contributed by atoms with Gasteiger partial charge >= 0.3 is 6.09 Å². The highest BCUT2D eigenvalue weighted by Crippen LogP contribution is 2.37. The van der Waals surface area contributed by atoms with Gasteiger partial charge in [-0.2, -0.15) is 0 Å². The predicted molar refractivity (Wildman–Crippen MR) is 132 cm³/mol. The van der Waals surface area contributed by atoms with E-state index >= 15 is 0 Å². The van der Waals surface area contributed by atoms with Crippen molar-refractivity contribution in [2.75, 3.05) is 6.54 Å². The number of fused-ring (bicyclic) bond motifs is 1. The van der Waals surface area contributed by atoms with Crippen LogP contribution in [0.25, 0.3) is 11.0 Å². The lowest BCUT2D eigenvalue weighted by Crippen LogP contribution is -2.37. The van der Waals surface area contributed by atoms with Crippen LogP contribution in [0.3, 0.4) is 0 Å². The Morgan fingerprint density at radius 2 is 2.00 bits per heavy atom. The third-order valence-electron chi connectivity index (χ3n) is 5.60. The molecule has 0 saturated carbocycles. The van der Waals surface area contributed by atoms with Gasteiger partial charge in [-0.1, -0.05) is 32.9 Å². The van der Waals surface area contributed by atoms with Gasteiger partial charge in [0.05, 0.1) is 41.0 Å². The third-order valence-corrected chi connectivity index (χ3v) is 6.56. The van der Waals surface area contributed by atoms with Crippen molar-refractivity contribution in [3.63, 3.8) is 0 Å². The molecule has 182 valence electrons. The lowest BCUT2D eigenvalue weighted by atomic mass is 9.80. The molecule has 0 aliphatic rings. The van der Waals surface area contributed by atoms with Gasteiger partial charge in [-0.15, -0.1) is 11.3 Å². The Bertz CT molecular complexity index is 1280. The quantitative estimate of drug-likeness (QED) is 0.337. The summed E-state index contributed by atoms with van der Waals surface area (Å²) in [5, 5.41) is 15.1. The first kappa shape index (κ1) is 24.3. The molecule has 0 saturated heterocycles. The van der Waals surface area contributed by atoms with Gasteiger partial charge < -0.3 is 20.3 Å². The molecule has 2 amide bonds. The molecule has 0 aliphatic heterocycles. The van der Waals surface area contributed by atoms with Gasteiger partial charge in [-0.05, 0) is 17.5 Å². The number of aromatic amines is 1. The number of carbonyl (C=O) groups is 2. The highest BCUT2D eigenvalue weighted by molar-refractivity contribution is 7.10. The molecule has 11 heteroatoms. The molecule has 0 radical (unpaired) electrons. The third kappa shape index (κ3) is 5.99. The summed E-state index contributed by atoms with van der Waals surface area (Å²) in [4.78, 5) is 46.5. The first-order valence-corrected chi connectivity index (χ1v) is 12.0. The minimum atomic E-state index is -1.04. The molecule has 10 nitrogen and oxygen atoms in total. The molecule has 3 heterocycles. The molecule has 0 fully saturated rings. The number of hydrogen-bond donors (Lipinski definition) is 3. The fraction of sp³-hybridized carbons (Fsp3) is 0.333. The van der Waals surface area contributed by atoms with Crippen LogP contribution in [0, 0.1) is 5.41 Å². The highest BCUT2D eigenvalue weighted by atomic mass is 32.1. The number of para-hydroxylation sites is 2. The average Bonchev–Trinajstić information content (AvgIpc) is 3.46. The van der Waals surface area contributed by atoms with Crippen molar-refractivity contribution >= 4 is 34.4 Å². The van der Waals surface area contributed by atoms with E-state index in [4.69, 9.17) is 0 Å². The van der Waals surface area contributed by atoms with E-state index in [-0.39, 0.29) is 36.9 Å². The maximum Gasteiger partial charge on any atom is 0.407 e. The van der Waals surface area contributed by atoms with Crippen molar-refractivity contribution in [2.45, 2.75) is 39.8 Å².